The number of rotatable bonds is 6. The number of para-hydroxylation sites is 1. The molecule has 0 spiro atoms. The molecule has 0 unspecified atom stereocenters. The van der Waals surface area contributed by atoms with Crippen molar-refractivity contribution >= 4 is 33.2 Å². The van der Waals surface area contributed by atoms with Gasteiger partial charge in [-0.3, -0.25) is 4.79 Å². The summed E-state index contributed by atoms with van der Waals surface area (Å²) in [6.07, 6.45) is 1.35. The number of aryl methyl sites for hydroxylation is 2. The summed E-state index contributed by atoms with van der Waals surface area (Å²) < 4.78 is 1.09. The molecule has 116 valence electrons. The largest absolute Gasteiger partial charge is 0.385 e. The summed E-state index contributed by atoms with van der Waals surface area (Å²) in [6.45, 7) is 4.74. The zero-order valence-electron chi connectivity index (χ0n) is 12.9. The summed E-state index contributed by atoms with van der Waals surface area (Å²) in [5.74, 6) is 0.0298. The second-order valence-electron chi connectivity index (χ2n) is 5.20. The Balaban J connectivity index is 1.84. The molecule has 2 aromatic carbocycles. The van der Waals surface area contributed by atoms with Gasteiger partial charge in [0.25, 0.3) is 0 Å². The summed E-state index contributed by atoms with van der Waals surface area (Å²) >= 11 is 3.48. The average Bonchev–Trinajstić information content (AvgIpc) is 2.51. The Labute approximate surface area is 140 Å². The van der Waals surface area contributed by atoms with E-state index in [0.29, 0.717) is 13.0 Å². The van der Waals surface area contributed by atoms with E-state index in [1.807, 2.05) is 43.3 Å². The van der Waals surface area contributed by atoms with Gasteiger partial charge in [0.05, 0.1) is 0 Å². The normalized spacial score (nSPS) is 10.3. The van der Waals surface area contributed by atoms with Gasteiger partial charge in [-0.15, -0.1) is 0 Å². The average molecular weight is 361 g/mol. The van der Waals surface area contributed by atoms with Gasteiger partial charge in [-0.25, -0.2) is 0 Å². The fourth-order valence-corrected chi connectivity index (χ4v) is 2.48. The maximum atomic E-state index is 12.0. The highest BCUT2D eigenvalue weighted by molar-refractivity contribution is 9.10. The van der Waals surface area contributed by atoms with Crippen molar-refractivity contribution < 1.29 is 4.79 Å². The first-order chi connectivity index (χ1) is 10.6. The molecule has 0 atom stereocenters. The number of carbonyl (C=O) groups is 1. The number of amides is 1. The van der Waals surface area contributed by atoms with Gasteiger partial charge in [0.1, 0.15) is 0 Å². The van der Waals surface area contributed by atoms with Gasteiger partial charge >= 0.3 is 0 Å². The van der Waals surface area contributed by atoms with Crippen LogP contribution in [0.4, 0.5) is 11.4 Å². The number of hydrogen-bond donors (Lipinski definition) is 2. The van der Waals surface area contributed by atoms with Crippen molar-refractivity contribution in [2.24, 2.45) is 0 Å². The highest BCUT2D eigenvalue weighted by atomic mass is 79.9. The van der Waals surface area contributed by atoms with Crippen LogP contribution in [0, 0.1) is 6.92 Å². The molecule has 2 aromatic rings. The Bertz CT molecular complexity index is 655. The second-order valence-corrected chi connectivity index (χ2v) is 6.05. The van der Waals surface area contributed by atoms with Crippen LogP contribution >= 0.6 is 15.9 Å². The quantitative estimate of drug-likeness (QED) is 0.779. The topological polar surface area (TPSA) is 41.1 Å². The maximum Gasteiger partial charge on any atom is 0.226 e. The SMILES string of the molecule is CCc1ccccc1NC(=O)CCNc1ccc(Br)c(C)c1. The summed E-state index contributed by atoms with van der Waals surface area (Å²) in [7, 11) is 0. The number of hydrogen-bond acceptors (Lipinski definition) is 2. The predicted molar refractivity (Wildman–Crippen MR) is 96.4 cm³/mol. The van der Waals surface area contributed by atoms with Gasteiger partial charge in [-0.1, -0.05) is 41.1 Å². The van der Waals surface area contributed by atoms with Crippen LogP contribution in [0.5, 0.6) is 0 Å². The zero-order chi connectivity index (χ0) is 15.9. The molecular weight excluding hydrogens is 340 g/mol. The summed E-state index contributed by atoms with van der Waals surface area (Å²) in [6, 6.07) is 14.0. The summed E-state index contributed by atoms with van der Waals surface area (Å²) in [5, 5.41) is 6.26. The minimum Gasteiger partial charge on any atom is -0.385 e. The van der Waals surface area contributed by atoms with Crippen molar-refractivity contribution in [3.8, 4) is 0 Å². The van der Waals surface area contributed by atoms with Crippen LogP contribution in [0.15, 0.2) is 46.9 Å². The smallest absolute Gasteiger partial charge is 0.226 e. The van der Waals surface area contributed by atoms with E-state index in [1.165, 1.54) is 5.56 Å². The number of anilines is 2. The lowest BCUT2D eigenvalue weighted by Gasteiger charge is -2.11. The van der Waals surface area contributed by atoms with E-state index < -0.39 is 0 Å². The highest BCUT2D eigenvalue weighted by Crippen LogP contribution is 2.20. The molecule has 0 aromatic heterocycles. The summed E-state index contributed by atoms with van der Waals surface area (Å²) in [5.41, 5.74) is 4.27. The maximum absolute atomic E-state index is 12.0. The number of halogens is 1. The third kappa shape index (κ3) is 4.60. The molecule has 0 aliphatic rings. The molecule has 0 heterocycles. The van der Waals surface area contributed by atoms with Crippen LogP contribution in [0.3, 0.4) is 0 Å². The first-order valence-electron chi connectivity index (χ1n) is 7.48. The van der Waals surface area contributed by atoms with Crippen LogP contribution < -0.4 is 10.6 Å². The lowest BCUT2D eigenvalue weighted by Crippen LogP contribution is -2.17. The molecule has 0 saturated carbocycles. The van der Waals surface area contributed by atoms with Crippen molar-refractivity contribution in [3.05, 3.63) is 58.1 Å². The van der Waals surface area contributed by atoms with Gasteiger partial charge in [-0.05, 0) is 48.7 Å². The van der Waals surface area contributed by atoms with Crippen molar-refractivity contribution in [2.75, 3.05) is 17.2 Å². The molecule has 2 N–H and O–H groups in total. The van der Waals surface area contributed by atoms with Crippen molar-refractivity contribution in [2.45, 2.75) is 26.7 Å². The molecule has 0 aliphatic carbocycles. The Kier molecular flexibility index (Phi) is 6.01. The van der Waals surface area contributed by atoms with E-state index in [4.69, 9.17) is 0 Å². The minimum atomic E-state index is 0.0298. The molecular formula is C18H21BrN2O. The lowest BCUT2D eigenvalue weighted by atomic mass is 10.1. The van der Waals surface area contributed by atoms with Crippen LogP contribution in [0.2, 0.25) is 0 Å². The number of carbonyl (C=O) groups excluding carboxylic acids is 1. The third-order valence-corrected chi connectivity index (χ3v) is 4.40. The number of nitrogens with one attached hydrogen (secondary N) is 2. The number of benzene rings is 2. The van der Waals surface area contributed by atoms with Gasteiger partial charge in [0.2, 0.25) is 5.91 Å². The van der Waals surface area contributed by atoms with Gasteiger partial charge in [0, 0.05) is 28.8 Å². The second kappa shape index (κ2) is 7.99. The van der Waals surface area contributed by atoms with E-state index in [9.17, 15) is 4.79 Å². The van der Waals surface area contributed by atoms with E-state index in [1.54, 1.807) is 0 Å². The first kappa shape index (κ1) is 16.6. The molecule has 3 nitrogen and oxygen atoms in total. The highest BCUT2D eigenvalue weighted by Gasteiger charge is 2.05. The molecule has 4 heteroatoms. The fraction of sp³-hybridized carbons (Fsp3) is 0.278. The molecule has 0 fully saturated rings. The standard InChI is InChI=1S/C18H21BrN2O/c1-3-14-6-4-5-7-17(14)21-18(22)10-11-20-15-8-9-16(19)13(2)12-15/h4-9,12,20H,3,10-11H2,1-2H3,(H,21,22). The van der Waals surface area contributed by atoms with Gasteiger partial charge < -0.3 is 10.6 Å². The molecule has 0 radical (unpaired) electrons. The molecule has 1 amide bonds. The van der Waals surface area contributed by atoms with Crippen molar-refractivity contribution in [1.82, 2.24) is 0 Å². The van der Waals surface area contributed by atoms with Crippen molar-refractivity contribution in [1.29, 1.82) is 0 Å². The Morgan fingerprint density at radius 2 is 1.95 bits per heavy atom. The van der Waals surface area contributed by atoms with Gasteiger partial charge in [0.15, 0.2) is 0 Å². The molecule has 2 rings (SSSR count). The lowest BCUT2D eigenvalue weighted by molar-refractivity contribution is -0.115. The Hall–Kier alpha value is -1.81. The van der Waals surface area contributed by atoms with E-state index in [0.717, 1.165) is 27.8 Å². The third-order valence-electron chi connectivity index (χ3n) is 3.51. The van der Waals surface area contributed by atoms with Crippen LogP contribution in [0.1, 0.15) is 24.5 Å². The molecule has 22 heavy (non-hydrogen) atoms. The first-order valence-corrected chi connectivity index (χ1v) is 8.27. The van der Waals surface area contributed by atoms with Crippen molar-refractivity contribution in [3.63, 3.8) is 0 Å². The van der Waals surface area contributed by atoms with E-state index in [-0.39, 0.29) is 5.91 Å². The minimum absolute atomic E-state index is 0.0298. The van der Waals surface area contributed by atoms with E-state index in [2.05, 4.69) is 39.6 Å². The molecule has 0 aliphatic heterocycles. The van der Waals surface area contributed by atoms with Crippen LogP contribution in [-0.2, 0) is 11.2 Å². The summed E-state index contributed by atoms with van der Waals surface area (Å²) in [4.78, 5) is 12.0. The fourth-order valence-electron chi connectivity index (χ4n) is 2.24. The predicted octanol–water partition coefficient (Wildman–Crippen LogP) is 4.76. The Morgan fingerprint density at radius 3 is 2.68 bits per heavy atom. The molecule has 0 bridgehead atoms. The van der Waals surface area contributed by atoms with Crippen LogP contribution in [-0.4, -0.2) is 12.5 Å². The van der Waals surface area contributed by atoms with E-state index >= 15 is 0 Å². The molecule has 0 saturated heterocycles. The van der Waals surface area contributed by atoms with Crippen LogP contribution in [0.25, 0.3) is 0 Å². The van der Waals surface area contributed by atoms with Gasteiger partial charge in [-0.2, -0.15) is 0 Å². The monoisotopic (exact) mass is 360 g/mol. The zero-order valence-corrected chi connectivity index (χ0v) is 14.5. The Morgan fingerprint density at radius 1 is 1.18 bits per heavy atom.